The predicted molar refractivity (Wildman–Crippen MR) is 24.6 cm³/mol. The van der Waals surface area contributed by atoms with Gasteiger partial charge < -0.3 is 5.11 Å². The van der Waals surface area contributed by atoms with Crippen LogP contribution in [0.5, 0.6) is 0 Å². The van der Waals surface area contributed by atoms with Crippen molar-refractivity contribution in [3.8, 4) is 0 Å². The van der Waals surface area contributed by atoms with Gasteiger partial charge >= 0.3 is 5.97 Å². The second-order valence-electron chi connectivity index (χ2n) is 0.484. The summed E-state index contributed by atoms with van der Waals surface area (Å²) in [7, 11) is 0. The topological polar surface area (TPSA) is 49.3 Å². The Kier molecular flexibility index (Phi) is 0.931. The van der Waals surface area contributed by atoms with Crippen molar-refractivity contribution < 1.29 is 14.1 Å². The molecule has 0 aromatic heterocycles. The van der Waals surface area contributed by atoms with Gasteiger partial charge in [0.2, 0.25) is 0 Å². The molecule has 4 heteroatoms. The number of rotatable bonds is 2. The molecule has 0 aliphatic carbocycles. The maximum Gasteiger partial charge on any atom is 0.318 e. The third-order valence-corrected chi connectivity index (χ3v) is 0.311. The molecule has 36 valence electrons. The van der Waals surface area contributed by atoms with E-state index in [-0.39, 0.29) is 4.34 Å². The lowest BCUT2D eigenvalue weighted by Gasteiger charge is -1.81. The number of hydrogen-bond acceptors (Lipinski definition) is 3. The Morgan fingerprint density at radius 1 is 2.67 bits per heavy atom. The molecule has 0 radical (unpaired) electrons. The zero-order chi connectivity index (χ0) is 8.36. The smallest absolute Gasteiger partial charge is 0.318 e. The molecule has 0 rings (SSSR count). The summed E-state index contributed by atoms with van der Waals surface area (Å²) in [6, 6.07) is 0. The first-order chi connectivity index (χ1) is 4.42. The Morgan fingerprint density at radius 3 is 3.50 bits per heavy atom. The van der Waals surface area contributed by atoms with Gasteiger partial charge in [-0.15, -0.1) is 0 Å². The molecule has 0 spiro atoms. The van der Waals surface area contributed by atoms with Crippen molar-refractivity contribution in [2.24, 2.45) is 0 Å². The lowest BCUT2D eigenvalue weighted by atomic mass is 10.7. The second kappa shape index (κ2) is 3.11. The van der Waals surface area contributed by atoms with Crippen LogP contribution in [0.4, 0.5) is 0 Å². The molecule has 0 aromatic carbocycles. The van der Waals surface area contributed by atoms with E-state index in [1.165, 1.54) is 0 Å². The van der Waals surface area contributed by atoms with Gasteiger partial charge in [-0.25, -0.2) is 4.34 Å². The monoisotopic (exact) mass is 157 g/mol. The van der Waals surface area contributed by atoms with Crippen molar-refractivity contribution in [3.63, 3.8) is 0 Å². The van der Waals surface area contributed by atoms with Gasteiger partial charge in [0, 0.05) is 16.1 Å². The fraction of sp³-hybridized carbons (Fsp3) is 0.500. The first kappa shape index (κ1) is 1.79. The van der Waals surface area contributed by atoms with Gasteiger partial charge in [-0.3, -0.25) is 4.79 Å². The summed E-state index contributed by atoms with van der Waals surface area (Å²) in [5, 5.41) is 3.32. The van der Waals surface area contributed by atoms with Crippen LogP contribution >= 0.6 is 16.1 Å². The van der Waals surface area contributed by atoms with Crippen LogP contribution in [-0.4, -0.2) is 17.6 Å². The number of hydrogen-bond donors (Lipinski definition) is 2. The summed E-state index contributed by atoms with van der Waals surface area (Å²) in [5.41, 5.74) is 0. The molecule has 0 aliphatic heterocycles. The number of carboxylic acids is 1. The molecule has 6 heavy (non-hydrogen) atoms. The van der Waals surface area contributed by atoms with Crippen LogP contribution in [0.1, 0.15) is 2.74 Å². The third-order valence-electron chi connectivity index (χ3n) is 0.134. The lowest BCUT2D eigenvalue weighted by Crippen LogP contribution is -2.11. The molecule has 0 atom stereocenters. The predicted octanol–water partition coefficient (Wildman–Crippen LogP) is -0.0295. The molecule has 0 bridgehead atoms. The molecular weight excluding hydrogens is 150 g/mol. The van der Waals surface area contributed by atoms with Crippen LogP contribution in [0.15, 0.2) is 0 Å². The minimum Gasteiger partial charge on any atom is -0.480 e. The minimum atomic E-state index is -2.62. The summed E-state index contributed by atoms with van der Waals surface area (Å²) in [4.78, 5) is 10.3. The van der Waals surface area contributed by atoms with Crippen LogP contribution in [0, 0.1) is 0 Å². The Morgan fingerprint density at radius 2 is 3.33 bits per heavy atom. The van der Waals surface area contributed by atoms with Crippen molar-refractivity contribution >= 4 is 22.1 Å². The molecular formula is C2H4BrNO2. The molecule has 2 N–H and O–H groups in total. The van der Waals surface area contributed by atoms with Gasteiger partial charge in [-0.05, 0) is 0 Å². The Balaban J connectivity index is 4.24. The van der Waals surface area contributed by atoms with Gasteiger partial charge in [0.25, 0.3) is 1.43 Å². The average Bonchev–Trinajstić information content (AvgIpc) is 1.86. The number of aliphatic carboxylic acids is 1. The van der Waals surface area contributed by atoms with Crippen LogP contribution in [-0.2, 0) is 4.79 Å². The van der Waals surface area contributed by atoms with E-state index in [0.717, 1.165) is 0 Å². The largest absolute Gasteiger partial charge is 0.480 e. The van der Waals surface area contributed by atoms with Crippen molar-refractivity contribution in [2.75, 3.05) is 6.50 Å². The van der Waals surface area contributed by atoms with Gasteiger partial charge in [0.15, 0.2) is 0 Å². The highest BCUT2D eigenvalue weighted by molar-refractivity contribution is 9.08. The summed E-state index contributed by atoms with van der Waals surface area (Å²) in [6.45, 7) is -2.62. The van der Waals surface area contributed by atoms with Crippen LogP contribution in [0.25, 0.3) is 1.43 Å². The van der Waals surface area contributed by atoms with Crippen molar-refractivity contribution in [1.82, 2.24) is 4.34 Å². The van der Waals surface area contributed by atoms with Gasteiger partial charge in [0.05, 0.1) is 2.74 Å². The molecule has 0 saturated heterocycles. The van der Waals surface area contributed by atoms with Crippen LogP contribution in [0.3, 0.4) is 0 Å². The fourth-order valence-corrected chi connectivity index (χ4v) is 0.179. The highest BCUT2D eigenvalue weighted by atomic mass is 79.9. The van der Waals surface area contributed by atoms with Gasteiger partial charge in [0.1, 0.15) is 7.91 Å². The maximum absolute atomic E-state index is 10.3. The van der Waals surface area contributed by atoms with E-state index in [9.17, 15) is 4.79 Å². The van der Waals surface area contributed by atoms with E-state index in [1.807, 2.05) is 0 Å². The average molecular weight is 158 g/mol. The van der Waals surface area contributed by atoms with E-state index >= 15 is 0 Å². The van der Waals surface area contributed by atoms with Crippen molar-refractivity contribution in [3.05, 3.63) is 0 Å². The molecule has 0 heterocycles. The summed E-state index contributed by atoms with van der Waals surface area (Å²) in [5.74, 6) is -1.45. The van der Waals surface area contributed by atoms with E-state index in [4.69, 9.17) is 5.58 Å². The van der Waals surface area contributed by atoms with Gasteiger partial charge in [-0.1, -0.05) is 0 Å². The van der Waals surface area contributed by atoms with Crippen LogP contribution in [0.2, 0.25) is 1.41 Å². The highest BCUT2D eigenvalue weighted by Gasteiger charge is 1.87. The molecule has 0 unspecified atom stereocenters. The number of nitrogens with one attached hydrogen (secondary N) is 1. The Bertz CT molecular complexity index is 139. The van der Waals surface area contributed by atoms with Gasteiger partial charge in [-0.2, -0.15) is 0 Å². The van der Waals surface area contributed by atoms with Crippen molar-refractivity contribution in [2.45, 2.75) is 0 Å². The minimum absolute atomic E-state index is 0.0941. The lowest BCUT2D eigenvalue weighted by molar-refractivity contribution is -0.135. The Labute approximate surface area is 49.5 Å². The SMILES string of the molecule is [2H]OC(=O)C([2H])([2H])N([2H])Br. The molecule has 0 amide bonds. The molecule has 0 saturated carbocycles. The molecule has 0 aliphatic rings. The molecule has 3 nitrogen and oxygen atoms in total. The first-order valence-electron chi connectivity index (χ1n) is 2.91. The van der Waals surface area contributed by atoms with E-state index < -0.39 is 12.5 Å². The summed E-state index contributed by atoms with van der Waals surface area (Å²) in [6.07, 6.45) is 0. The second-order valence-corrected chi connectivity index (χ2v) is 0.838. The van der Waals surface area contributed by atoms with E-state index in [1.54, 1.807) is 0 Å². The summed E-state index contributed by atoms with van der Waals surface area (Å²) < 4.78 is 26.2. The quantitative estimate of drug-likeness (QED) is 0.554. The third kappa shape index (κ3) is 3.91. The van der Waals surface area contributed by atoms with E-state index in [2.05, 4.69) is 21.3 Å². The fourth-order valence-electron chi connectivity index (χ4n) is 0.0345. The number of halogens is 1. The molecule has 0 aromatic rings. The zero-order valence-electron chi connectivity index (χ0n) is 6.64. The normalized spacial score (nSPS) is 20.3. The Hall–Kier alpha value is -0.0900. The molecule has 0 fully saturated rings. The summed E-state index contributed by atoms with van der Waals surface area (Å²) >= 11 is 2.38. The highest BCUT2D eigenvalue weighted by Crippen LogP contribution is 1.63. The first-order valence-corrected chi connectivity index (χ1v) is 1.76. The maximum atomic E-state index is 10.3. The zero-order valence-corrected chi connectivity index (χ0v) is 4.23. The van der Waals surface area contributed by atoms with Crippen LogP contribution < -0.4 is 4.34 Å². The number of carbonyl (C=O) groups is 1. The van der Waals surface area contributed by atoms with Crippen molar-refractivity contribution in [1.29, 1.82) is 1.43 Å². The number of carboxylic acid groups (broad SMARTS) is 1. The standard InChI is InChI=1S/C2H4BrNO2/c3-4-1-2(5)6/h4H,1H2,(H,5,6)/i1D2/hD2. The van der Waals surface area contributed by atoms with E-state index in [0.29, 0.717) is 0 Å².